The van der Waals surface area contributed by atoms with Gasteiger partial charge in [0.05, 0.1) is 0 Å². The molecule has 2 aromatic rings. The van der Waals surface area contributed by atoms with Crippen molar-refractivity contribution >= 4 is 24.1 Å². The number of rotatable bonds is 9. The van der Waals surface area contributed by atoms with E-state index in [0.717, 1.165) is 0 Å². The van der Waals surface area contributed by atoms with Gasteiger partial charge in [-0.05, 0) is 11.1 Å². The predicted octanol–water partition coefficient (Wildman–Crippen LogP) is 1.75. The fraction of sp³-hybridized carbons (Fsp3) is 0.200. The molecule has 0 aliphatic carbocycles. The summed E-state index contributed by atoms with van der Waals surface area (Å²) < 4.78 is 9.80. The van der Waals surface area contributed by atoms with Crippen LogP contribution in [0, 0.1) is 0 Å². The SMILES string of the molecule is O=C(N[C@H](C(=O)O)[C@H](NC(=O)OCc1ccccc1)C(=O)O)OCc1ccccc1. The number of carboxylic acids is 2. The minimum atomic E-state index is -1.99. The van der Waals surface area contributed by atoms with Crippen LogP contribution in [0.25, 0.3) is 0 Å². The van der Waals surface area contributed by atoms with Gasteiger partial charge in [-0.2, -0.15) is 0 Å². The van der Waals surface area contributed by atoms with Crippen LogP contribution in [0.15, 0.2) is 60.7 Å². The van der Waals surface area contributed by atoms with Gasteiger partial charge in [0.25, 0.3) is 0 Å². The third-order valence-corrected chi connectivity index (χ3v) is 3.84. The number of hydrogen-bond donors (Lipinski definition) is 4. The molecule has 0 spiro atoms. The quantitative estimate of drug-likeness (QED) is 0.483. The maximum atomic E-state index is 11.9. The zero-order chi connectivity index (χ0) is 21.9. The first-order valence-electron chi connectivity index (χ1n) is 8.77. The number of amides is 2. The summed E-state index contributed by atoms with van der Waals surface area (Å²) in [6.45, 7) is -0.299. The summed E-state index contributed by atoms with van der Waals surface area (Å²) in [7, 11) is 0. The van der Waals surface area contributed by atoms with E-state index in [1.165, 1.54) is 0 Å². The highest BCUT2D eigenvalue weighted by molar-refractivity contribution is 5.90. The van der Waals surface area contributed by atoms with E-state index in [1.54, 1.807) is 60.7 Å². The summed E-state index contributed by atoms with van der Waals surface area (Å²) in [5.74, 6) is -3.36. The normalized spacial score (nSPS) is 12.1. The van der Waals surface area contributed by atoms with Gasteiger partial charge in [-0.1, -0.05) is 60.7 Å². The molecular weight excluding hydrogens is 396 g/mol. The summed E-state index contributed by atoms with van der Waals surface area (Å²) >= 11 is 0. The lowest BCUT2D eigenvalue weighted by Gasteiger charge is -2.22. The largest absolute Gasteiger partial charge is 0.480 e. The Labute approximate surface area is 171 Å². The standard InChI is InChI=1S/C20H20N2O8/c23-17(24)15(21-19(27)29-11-13-7-3-1-4-8-13)16(18(25)26)22-20(28)30-12-14-9-5-2-6-10-14/h1-10,15-16H,11-12H2,(H,21,27)(H,22,28)(H,23,24)(H,25,26)/t15-,16-/m0/s1. The third-order valence-electron chi connectivity index (χ3n) is 3.84. The number of aliphatic carboxylic acids is 2. The minimum absolute atomic E-state index is 0.150. The van der Waals surface area contributed by atoms with Crippen molar-refractivity contribution in [2.24, 2.45) is 0 Å². The summed E-state index contributed by atoms with van der Waals surface area (Å²) in [6, 6.07) is 13.2. The van der Waals surface area contributed by atoms with Crippen LogP contribution in [0.5, 0.6) is 0 Å². The van der Waals surface area contributed by atoms with Gasteiger partial charge < -0.3 is 30.3 Å². The van der Waals surface area contributed by atoms with Gasteiger partial charge in [-0.15, -0.1) is 0 Å². The van der Waals surface area contributed by atoms with Crippen molar-refractivity contribution in [1.82, 2.24) is 10.6 Å². The Hall–Kier alpha value is -4.08. The van der Waals surface area contributed by atoms with Crippen LogP contribution in [-0.2, 0) is 32.3 Å². The Morgan fingerprint density at radius 3 is 1.30 bits per heavy atom. The van der Waals surface area contributed by atoms with Crippen molar-refractivity contribution in [2.75, 3.05) is 0 Å². The van der Waals surface area contributed by atoms with E-state index >= 15 is 0 Å². The Kier molecular flexibility index (Phi) is 8.18. The number of ether oxygens (including phenoxy) is 2. The number of carbonyl (C=O) groups excluding carboxylic acids is 2. The van der Waals surface area contributed by atoms with Crippen molar-refractivity contribution in [3.8, 4) is 0 Å². The van der Waals surface area contributed by atoms with Crippen LogP contribution in [-0.4, -0.2) is 46.4 Å². The molecular formula is C20H20N2O8. The highest BCUT2D eigenvalue weighted by Crippen LogP contribution is 2.04. The van der Waals surface area contributed by atoms with Crippen LogP contribution < -0.4 is 10.6 Å². The number of alkyl carbamates (subject to hydrolysis) is 2. The second kappa shape index (κ2) is 11.1. The Balaban J connectivity index is 1.95. The Bertz CT molecular complexity index is 799. The average molecular weight is 416 g/mol. The fourth-order valence-corrected chi connectivity index (χ4v) is 2.36. The van der Waals surface area contributed by atoms with Crippen LogP contribution in [0.2, 0.25) is 0 Å². The summed E-state index contributed by atoms with van der Waals surface area (Å²) in [4.78, 5) is 46.8. The van der Waals surface area contributed by atoms with Gasteiger partial charge in [0.2, 0.25) is 0 Å². The topological polar surface area (TPSA) is 151 Å². The van der Waals surface area contributed by atoms with Crippen molar-refractivity contribution in [1.29, 1.82) is 0 Å². The van der Waals surface area contributed by atoms with Crippen molar-refractivity contribution in [3.05, 3.63) is 71.8 Å². The van der Waals surface area contributed by atoms with E-state index in [4.69, 9.17) is 9.47 Å². The maximum absolute atomic E-state index is 11.9. The van der Waals surface area contributed by atoms with E-state index in [0.29, 0.717) is 11.1 Å². The van der Waals surface area contributed by atoms with Crippen molar-refractivity contribution in [3.63, 3.8) is 0 Å². The van der Waals surface area contributed by atoms with Gasteiger partial charge in [0.1, 0.15) is 13.2 Å². The first-order valence-corrected chi connectivity index (χ1v) is 8.77. The van der Waals surface area contributed by atoms with Crippen LogP contribution in [0.1, 0.15) is 11.1 Å². The molecule has 0 fully saturated rings. The molecule has 10 heteroatoms. The third kappa shape index (κ3) is 7.15. The fourth-order valence-electron chi connectivity index (χ4n) is 2.36. The second-order valence-corrected chi connectivity index (χ2v) is 6.04. The monoisotopic (exact) mass is 416 g/mol. The lowest BCUT2D eigenvalue weighted by molar-refractivity contribution is -0.148. The summed E-state index contributed by atoms with van der Waals surface area (Å²) in [6.07, 6.45) is -2.31. The van der Waals surface area contributed by atoms with E-state index in [9.17, 15) is 29.4 Å². The molecule has 30 heavy (non-hydrogen) atoms. The Morgan fingerprint density at radius 1 is 0.667 bits per heavy atom. The Morgan fingerprint density at radius 2 is 1.00 bits per heavy atom. The molecule has 2 rings (SSSR count). The molecule has 2 amide bonds. The number of nitrogens with one attached hydrogen (secondary N) is 2. The van der Waals surface area contributed by atoms with Gasteiger partial charge in [0, 0.05) is 0 Å². The lowest BCUT2D eigenvalue weighted by Crippen LogP contribution is -2.59. The molecule has 158 valence electrons. The molecule has 0 unspecified atom stereocenters. The molecule has 0 aliphatic rings. The van der Waals surface area contributed by atoms with E-state index < -0.39 is 36.2 Å². The molecule has 0 radical (unpaired) electrons. The van der Waals surface area contributed by atoms with Crippen LogP contribution in [0.4, 0.5) is 9.59 Å². The molecule has 10 nitrogen and oxygen atoms in total. The molecule has 0 heterocycles. The smallest absolute Gasteiger partial charge is 0.408 e. The molecule has 4 N–H and O–H groups in total. The highest BCUT2D eigenvalue weighted by Gasteiger charge is 2.37. The lowest BCUT2D eigenvalue weighted by atomic mass is 10.1. The first-order chi connectivity index (χ1) is 14.4. The van der Waals surface area contributed by atoms with Gasteiger partial charge in [-0.25, -0.2) is 19.2 Å². The molecule has 0 saturated heterocycles. The minimum Gasteiger partial charge on any atom is -0.480 e. The van der Waals surface area contributed by atoms with Crippen molar-refractivity contribution < 1.29 is 38.9 Å². The van der Waals surface area contributed by atoms with E-state index in [1.807, 2.05) is 10.6 Å². The number of carbonyl (C=O) groups is 4. The highest BCUT2D eigenvalue weighted by atomic mass is 16.6. The maximum Gasteiger partial charge on any atom is 0.408 e. The van der Waals surface area contributed by atoms with Gasteiger partial charge in [-0.3, -0.25) is 0 Å². The van der Waals surface area contributed by atoms with Crippen LogP contribution >= 0.6 is 0 Å². The zero-order valence-electron chi connectivity index (χ0n) is 15.7. The number of carboxylic acid groups (broad SMARTS) is 2. The van der Waals surface area contributed by atoms with Gasteiger partial charge in [0.15, 0.2) is 12.1 Å². The number of hydrogen-bond acceptors (Lipinski definition) is 6. The number of benzene rings is 2. The molecule has 2 atom stereocenters. The molecule has 0 aromatic heterocycles. The average Bonchev–Trinajstić information content (AvgIpc) is 2.74. The molecule has 2 aromatic carbocycles. The molecule has 0 bridgehead atoms. The second-order valence-electron chi connectivity index (χ2n) is 6.04. The summed E-state index contributed by atoms with van der Waals surface area (Å²) in [5, 5.41) is 22.5. The van der Waals surface area contributed by atoms with E-state index in [2.05, 4.69) is 0 Å². The summed E-state index contributed by atoms with van der Waals surface area (Å²) in [5.41, 5.74) is 1.30. The van der Waals surface area contributed by atoms with Gasteiger partial charge >= 0.3 is 24.1 Å². The van der Waals surface area contributed by atoms with Crippen LogP contribution in [0.3, 0.4) is 0 Å². The molecule has 0 saturated carbocycles. The predicted molar refractivity (Wildman–Crippen MR) is 102 cm³/mol. The first kappa shape index (κ1) is 22.2. The van der Waals surface area contributed by atoms with Crippen molar-refractivity contribution in [2.45, 2.75) is 25.3 Å². The van der Waals surface area contributed by atoms with E-state index in [-0.39, 0.29) is 13.2 Å². The molecule has 0 aliphatic heterocycles. The zero-order valence-corrected chi connectivity index (χ0v) is 15.7.